The van der Waals surface area contributed by atoms with Crippen molar-refractivity contribution < 1.29 is 19.4 Å². The number of ether oxygens (including phenoxy) is 2. The predicted molar refractivity (Wildman–Crippen MR) is 132 cm³/mol. The number of unbranched alkanes of at least 4 members (excludes halogenated alkanes) is 1. The van der Waals surface area contributed by atoms with E-state index in [4.69, 9.17) is 14.6 Å². The Bertz CT molecular complexity index is 786. The molecule has 2 atom stereocenters. The Morgan fingerprint density at radius 2 is 1.79 bits per heavy atom. The second-order valence-corrected chi connectivity index (χ2v) is 10.3. The van der Waals surface area contributed by atoms with E-state index in [1.807, 2.05) is 23.1 Å². The van der Waals surface area contributed by atoms with Gasteiger partial charge in [-0.1, -0.05) is 34.5 Å². The van der Waals surface area contributed by atoms with E-state index in [2.05, 4.69) is 33.0 Å². The van der Waals surface area contributed by atoms with Gasteiger partial charge >= 0.3 is 0 Å². The normalized spacial score (nSPS) is 24.9. The number of aliphatic hydroxyl groups excluding tert-OH is 1. The van der Waals surface area contributed by atoms with Crippen LogP contribution in [-0.2, 0) is 14.3 Å². The van der Waals surface area contributed by atoms with Crippen molar-refractivity contribution in [1.29, 1.82) is 0 Å². The SMILES string of the molecule is O=C(C1=C[C@@H](c2ccc(Br)cc2)C[C@@H](OCCCCO)O1)N1CCC(N2CCCCC2)CC1. The number of hydrogen-bond donors (Lipinski definition) is 1. The quantitative estimate of drug-likeness (QED) is 0.513. The van der Waals surface area contributed by atoms with Crippen molar-refractivity contribution in [2.45, 2.75) is 69.6 Å². The molecular weight excluding hydrogens is 484 g/mol. The van der Waals surface area contributed by atoms with Crippen LogP contribution in [0.2, 0.25) is 0 Å². The fraction of sp³-hybridized carbons (Fsp3) is 0.654. The number of piperidine rings is 2. The molecule has 0 radical (unpaired) electrons. The first kappa shape index (κ1) is 24.7. The van der Waals surface area contributed by atoms with Crippen LogP contribution < -0.4 is 0 Å². The molecule has 0 saturated carbocycles. The van der Waals surface area contributed by atoms with E-state index in [9.17, 15) is 4.79 Å². The molecule has 1 N–H and O–H groups in total. The minimum Gasteiger partial charge on any atom is -0.459 e. The molecule has 2 fully saturated rings. The predicted octanol–water partition coefficient (Wildman–Crippen LogP) is 4.43. The lowest BCUT2D eigenvalue weighted by atomic mass is 9.92. The van der Waals surface area contributed by atoms with Crippen LogP contribution >= 0.6 is 15.9 Å². The van der Waals surface area contributed by atoms with Crippen molar-refractivity contribution >= 4 is 21.8 Å². The van der Waals surface area contributed by atoms with Gasteiger partial charge in [0, 0.05) is 42.5 Å². The minimum atomic E-state index is -0.452. The van der Waals surface area contributed by atoms with Crippen LogP contribution in [0.3, 0.4) is 0 Å². The number of halogens is 1. The number of aliphatic hydroxyl groups is 1. The van der Waals surface area contributed by atoms with Crippen LogP contribution in [0.5, 0.6) is 0 Å². The molecule has 0 unspecified atom stereocenters. The highest BCUT2D eigenvalue weighted by atomic mass is 79.9. The molecule has 3 heterocycles. The highest BCUT2D eigenvalue weighted by molar-refractivity contribution is 9.10. The van der Waals surface area contributed by atoms with E-state index in [1.165, 1.54) is 32.4 Å². The molecule has 1 aromatic carbocycles. The molecule has 1 amide bonds. The summed E-state index contributed by atoms with van der Waals surface area (Å²) in [5.41, 5.74) is 1.15. The summed E-state index contributed by atoms with van der Waals surface area (Å²) in [7, 11) is 0. The van der Waals surface area contributed by atoms with Crippen molar-refractivity contribution in [3.63, 3.8) is 0 Å². The zero-order chi connectivity index (χ0) is 23.0. The van der Waals surface area contributed by atoms with E-state index < -0.39 is 6.29 Å². The summed E-state index contributed by atoms with van der Waals surface area (Å²) in [6, 6.07) is 8.84. The average molecular weight is 521 g/mol. The molecule has 3 aliphatic rings. The Kier molecular flexibility index (Phi) is 9.24. The van der Waals surface area contributed by atoms with Gasteiger partial charge < -0.3 is 24.4 Å². The van der Waals surface area contributed by atoms with Gasteiger partial charge in [0.2, 0.25) is 6.29 Å². The summed E-state index contributed by atoms with van der Waals surface area (Å²) < 4.78 is 13.1. The lowest BCUT2D eigenvalue weighted by Gasteiger charge is -2.40. The van der Waals surface area contributed by atoms with Gasteiger partial charge in [-0.25, -0.2) is 0 Å². The summed E-state index contributed by atoms with van der Waals surface area (Å²) in [5, 5.41) is 9.02. The van der Waals surface area contributed by atoms with Gasteiger partial charge in [0.1, 0.15) is 0 Å². The maximum absolute atomic E-state index is 13.4. The van der Waals surface area contributed by atoms with Gasteiger partial charge in [0.05, 0.1) is 6.61 Å². The largest absolute Gasteiger partial charge is 0.459 e. The molecule has 0 aromatic heterocycles. The third kappa shape index (κ3) is 6.81. The van der Waals surface area contributed by atoms with Crippen molar-refractivity contribution in [2.75, 3.05) is 39.4 Å². The second kappa shape index (κ2) is 12.3. The summed E-state index contributed by atoms with van der Waals surface area (Å²) in [5.74, 6) is 0.468. The number of hydrogen-bond acceptors (Lipinski definition) is 5. The van der Waals surface area contributed by atoms with Crippen LogP contribution in [0.4, 0.5) is 0 Å². The molecule has 0 aliphatic carbocycles. The molecule has 0 bridgehead atoms. The van der Waals surface area contributed by atoms with Gasteiger partial charge in [-0.2, -0.15) is 0 Å². The Hall–Kier alpha value is -1.41. The third-order valence-corrected chi connectivity index (χ3v) is 7.61. The molecule has 3 aliphatic heterocycles. The van der Waals surface area contributed by atoms with Gasteiger partial charge in [-0.15, -0.1) is 0 Å². The first-order valence-electron chi connectivity index (χ1n) is 12.5. The maximum Gasteiger partial charge on any atom is 0.288 e. The summed E-state index contributed by atoms with van der Waals surface area (Å²) in [6.45, 7) is 4.65. The monoisotopic (exact) mass is 520 g/mol. The molecule has 7 heteroatoms. The Labute approximate surface area is 206 Å². The average Bonchev–Trinajstić information content (AvgIpc) is 2.87. The molecule has 6 nitrogen and oxygen atoms in total. The summed E-state index contributed by atoms with van der Waals surface area (Å²) >= 11 is 3.50. The van der Waals surface area contributed by atoms with Crippen molar-refractivity contribution in [2.24, 2.45) is 0 Å². The number of amides is 1. The number of carbonyl (C=O) groups is 1. The molecule has 33 heavy (non-hydrogen) atoms. The molecule has 2 saturated heterocycles. The fourth-order valence-electron chi connectivity index (χ4n) is 5.16. The zero-order valence-electron chi connectivity index (χ0n) is 19.5. The number of benzene rings is 1. The molecule has 0 spiro atoms. The van der Waals surface area contributed by atoms with Crippen LogP contribution in [-0.4, -0.2) is 72.5 Å². The standard InChI is InChI=1S/C26H37BrN2O4/c27-22-8-6-20(7-9-22)21-18-24(33-25(19-21)32-17-5-4-16-30)26(31)29-14-10-23(11-15-29)28-12-2-1-3-13-28/h6-9,18,21,23,25,30H,1-5,10-17,19H2/t21-,25+/m1/s1. The minimum absolute atomic E-state index is 0.0159. The number of nitrogens with zero attached hydrogens (tertiary/aromatic N) is 2. The van der Waals surface area contributed by atoms with Gasteiger partial charge in [0.15, 0.2) is 5.76 Å². The topological polar surface area (TPSA) is 62.2 Å². The maximum atomic E-state index is 13.4. The van der Waals surface area contributed by atoms with Gasteiger partial charge in [-0.3, -0.25) is 4.79 Å². The zero-order valence-corrected chi connectivity index (χ0v) is 21.0. The first-order chi connectivity index (χ1) is 16.1. The van der Waals surface area contributed by atoms with E-state index in [0.29, 0.717) is 31.2 Å². The van der Waals surface area contributed by atoms with E-state index in [-0.39, 0.29) is 18.4 Å². The van der Waals surface area contributed by atoms with Crippen LogP contribution in [0.25, 0.3) is 0 Å². The summed E-state index contributed by atoms with van der Waals surface area (Å²) in [6.07, 6.45) is 9.71. The highest BCUT2D eigenvalue weighted by Gasteiger charge is 2.33. The van der Waals surface area contributed by atoms with Gasteiger partial charge in [0.25, 0.3) is 5.91 Å². The Morgan fingerprint density at radius 1 is 1.06 bits per heavy atom. The molecule has 1 aromatic rings. The van der Waals surface area contributed by atoms with Gasteiger partial charge in [-0.05, 0) is 75.4 Å². The fourth-order valence-corrected chi connectivity index (χ4v) is 5.42. The highest BCUT2D eigenvalue weighted by Crippen LogP contribution is 2.33. The lowest BCUT2D eigenvalue weighted by molar-refractivity contribution is -0.153. The number of allylic oxidation sites excluding steroid dienone is 1. The first-order valence-corrected chi connectivity index (χ1v) is 13.3. The number of rotatable bonds is 8. The number of carbonyl (C=O) groups excluding carboxylic acids is 1. The van der Waals surface area contributed by atoms with E-state index in [0.717, 1.165) is 42.4 Å². The van der Waals surface area contributed by atoms with Crippen LogP contribution in [0.1, 0.15) is 62.8 Å². The lowest BCUT2D eigenvalue weighted by Crippen LogP contribution is -2.49. The molecular formula is C26H37BrN2O4. The van der Waals surface area contributed by atoms with Crippen LogP contribution in [0, 0.1) is 0 Å². The number of likely N-dealkylation sites (tertiary alicyclic amines) is 2. The van der Waals surface area contributed by atoms with E-state index >= 15 is 0 Å². The van der Waals surface area contributed by atoms with E-state index in [1.54, 1.807) is 0 Å². The second-order valence-electron chi connectivity index (χ2n) is 9.39. The molecule has 182 valence electrons. The van der Waals surface area contributed by atoms with Crippen molar-refractivity contribution in [1.82, 2.24) is 9.80 Å². The summed E-state index contributed by atoms with van der Waals surface area (Å²) in [4.78, 5) is 18.0. The molecule has 4 rings (SSSR count). The Morgan fingerprint density at radius 3 is 2.48 bits per heavy atom. The Balaban J connectivity index is 1.40. The third-order valence-electron chi connectivity index (χ3n) is 7.08. The van der Waals surface area contributed by atoms with Crippen LogP contribution in [0.15, 0.2) is 40.6 Å². The van der Waals surface area contributed by atoms with Crippen molar-refractivity contribution in [3.8, 4) is 0 Å². The smallest absolute Gasteiger partial charge is 0.288 e. The van der Waals surface area contributed by atoms with Crippen molar-refractivity contribution in [3.05, 3.63) is 46.1 Å².